The van der Waals surface area contributed by atoms with Crippen LogP contribution in [0.2, 0.25) is 0 Å². The van der Waals surface area contributed by atoms with Crippen LogP contribution >= 0.6 is 11.3 Å². The first kappa shape index (κ1) is 21.0. The maximum Gasteiger partial charge on any atom is 0.191 e. The molecule has 6 nitrogen and oxygen atoms in total. The van der Waals surface area contributed by atoms with Crippen LogP contribution in [0.1, 0.15) is 44.0 Å². The van der Waals surface area contributed by atoms with Gasteiger partial charge in [-0.2, -0.15) is 0 Å². The van der Waals surface area contributed by atoms with Crippen molar-refractivity contribution in [3.63, 3.8) is 0 Å². The first-order valence-corrected chi connectivity index (χ1v) is 9.93. The Balaban J connectivity index is 2.03. The number of aliphatic imine (C=N–C) groups is 1. The van der Waals surface area contributed by atoms with E-state index in [9.17, 15) is 0 Å². The zero-order valence-electron chi connectivity index (χ0n) is 17.0. The molecular formula is C20H30N4O2S. The monoisotopic (exact) mass is 390 g/mol. The van der Waals surface area contributed by atoms with E-state index in [0.717, 1.165) is 28.8 Å². The predicted octanol–water partition coefficient (Wildman–Crippen LogP) is 3.71. The van der Waals surface area contributed by atoms with Gasteiger partial charge in [-0.25, -0.2) is 9.98 Å². The van der Waals surface area contributed by atoms with E-state index in [2.05, 4.69) is 48.7 Å². The molecule has 148 valence electrons. The Morgan fingerprint density at radius 1 is 1.15 bits per heavy atom. The van der Waals surface area contributed by atoms with Crippen LogP contribution in [0.15, 0.2) is 28.6 Å². The van der Waals surface area contributed by atoms with Crippen molar-refractivity contribution in [1.82, 2.24) is 15.6 Å². The molecule has 0 spiro atoms. The van der Waals surface area contributed by atoms with E-state index in [1.54, 1.807) is 25.6 Å². The van der Waals surface area contributed by atoms with E-state index >= 15 is 0 Å². The molecule has 27 heavy (non-hydrogen) atoms. The van der Waals surface area contributed by atoms with Crippen molar-refractivity contribution in [2.24, 2.45) is 4.99 Å². The third-order valence-corrected chi connectivity index (χ3v) is 4.79. The van der Waals surface area contributed by atoms with Crippen molar-refractivity contribution in [2.45, 2.75) is 46.2 Å². The van der Waals surface area contributed by atoms with E-state index in [0.29, 0.717) is 24.6 Å². The number of methoxy groups -OCH3 is 2. The molecule has 0 saturated heterocycles. The molecule has 0 saturated carbocycles. The number of guanidine groups is 1. The first-order valence-electron chi connectivity index (χ1n) is 9.05. The molecule has 1 aromatic heterocycles. The summed E-state index contributed by atoms with van der Waals surface area (Å²) in [5, 5.41) is 9.81. The second kappa shape index (κ2) is 9.60. The first-order chi connectivity index (χ1) is 12.9. The van der Waals surface area contributed by atoms with Gasteiger partial charge in [0.05, 0.1) is 33.0 Å². The summed E-state index contributed by atoms with van der Waals surface area (Å²) >= 11 is 1.67. The number of benzene rings is 1. The third-order valence-electron chi connectivity index (χ3n) is 3.94. The van der Waals surface area contributed by atoms with Crippen molar-refractivity contribution in [2.75, 3.05) is 20.8 Å². The average molecular weight is 391 g/mol. The van der Waals surface area contributed by atoms with Crippen LogP contribution in [0.5, 0.6) is 11.5 Å². The summed E-state index contributed by atoms with van der Waals surface area (Å²) in [6, 6.07) is 5.83. The summed E-state index contributed by atoms with van der Waals surface area (Å²) in [5.74, 6) is 2.19. The summed E-state index contributed by atoms with van der Waals surface area (Å²) in [4.78, 5) is 9.38. The number of nitrogens with one attached hydrogen (secondary N) is 2. The Bertz CT molecular complexity index is 766. The highest BCUT2D eigenvalue weighted by Crippen LogP contribution is 2.27. The van der Waals surface area contributed by atoms with Crippen LogP contribution in [0.3, 0.4) is 0 Å². The number of aromatic nitrogens is 1. The van der Waals surface area contributed by atoms with Crippen molar-refractivity contribution in [1.29, 1.82) is 0 Å². The molecule has 0 bridgehead atoms. The highest BCUT2D eigenvalue weighted by atomic mass is 32.1. The molecule has 7 heteroatoms. The minimum atomic E-state index is 0.0702. The summed E-state index contributed by atoms with van der Waals surface area (Å²) in [6.07, 6.45) is 0. The lowest BCUT2D eigenvalue weighted by Gasteiger charge is -2.14. The van der Waals surface area contributed by atoms with E-state index in [1.165, 1.54) is 0 Å². The van der Waals surface area contributed by atoms with Crippen molar-refractivity contribution in [3.8, 4) is 11.5 Å². The summed E-state index contributed by atoms with van der Waals surface area (Å²) in [7, 11) is 3.27. The number of thiazole rings is 1. The fourth-order valence-electron chi connectivity index (χ4n) is 2.39. The lowest BCUT2D eigenvalue weighted by Crippen LogP contribution is -2.36. The van der Waals surface area contributed by atoms with Crippen LogP contribution in [0.25, 0.3) is 0 Å². The van der Waals surface area contributed by atoms with Gasteiger partial charge < -0.3 is 20.1 Å². The molecule has 0 fully saturated rings. The molecule has 1 aromatic carbocycles. The second-order valence-electron chi connectivity index (χ2n) is 7.11. The van der Waals surface area contributed by atoms with Gasteiger partial charge in [-0.05, 0) is 24.6 Å². The maximum atomic E-state index is 5.35. The predicted molar refractivity (Wildman–Crippen MR) is 112 cm³/mol. The van der Waals surface area contributed by atoms with E-state index in [-0.39, 0.29) is 5.41 Å². The fraction of sp³-hybridized carbons (Fsp3) is 0.500. The van der Waals surface area contributed by atoms with Gasteiger partial charge >= 0.3 is 0 Å². The summed E-state index contributed by atoms with van der Waals surface area (Å²) in [5.41, 5.74) is 2.24. The minimum absolute atomic E-state index is 0.0702. The number of hydrogen-bond acceptors (Lipinski definition) is 5. The minimum Gasteiger partial charge on any atom is -0.493 e. The highest BCUT2D eigenvalue weighted by molar-refractivity contribution is 7.09. The summed E-state index contributed by atoms with van der Waals surface area (Å²) in [6.45, 7) is 10.6. The Hall–Kier alpha value is -2.28. The van der Waals surface area contributed by atoms with Crippen LogP contribution in [0.4, 0.5) is 0 Å². The lowest BCUT2D eigenvalue weighted by atomic mass is 9.93. The molecule has 2 rings (SSSR count). The molecule has 0 aliphatic carbocycles. The van der Waals surface area contributed by atoms with Gasteiger partial charge in [0.25, 0.3) is 0 Å². The molecule has 0 aliphatic heterocycles. The largest absolute Gasteiger partial charge is 0.493 e. The maximum absolute atomic E-state index is 5.35. The number of hydrogen-bond donors (Lipinski definition) is 2. The topological polar surface area (TPSA) is 67.8 Å². The Morgan fingerprint density at radius 2 is 1.89 bits per heavy atom. The Morgan fingerprint density at radius 3 is 2.48 bits per heavy atom. The molecule has 0 radical (unpaired) electrons. The Kier molecular flexibility index (Phi) is 7.47. The third kappa shape index (κ3) is 6.13. The van der Waals surface area contributed by atoms with E-state index in [1.807, 2.05) is 18.2 Å². The van der Waals surface area contributed by atoms with E-state index in [4.69, 9.17) is 14.5 Å². The second-order valence-corrected chi connectivity index (χ2v) is 8.06. The molecule has 2 aromatic rings. The van der Waals surface area contributed by atoms with Crippen LogP contribution < -0.4 is 20.1 Å². The number of ether oxygens (including phenoxy) is 2. The molecule has 2 N–H and O–H groups in total. The normalized spacial score (nSPS) is 12.0. The molecule has 0 unspecified atom stereocenters. The number of nitrogens with zero attached hydrogens (tertiary/aromatic N) is 2. The van der Waals surface area contributed by atoms with Crippen LogP contribution in [-0.4, -0.2) is 31.7 Å². The van der Waals surface area contributed by atoms with Gasteiger partial charge in [0.2, 0.25) is 0 Å². The zero-order valence-corrected chi connectivity index (χ0v) is 17.9. The van der Waals surface area contributed by atoms with Gasteiger partial charge in [-0.15, -0.1) is 11.3 Å². The van der Waals surface area contributed by atoms with Crippen molar-refractivity contribution in [3.05, 3.63) is 39.8 Å². The Labute approximate surface area is 166 Å². The van der Waals surface area contributed by atoms with Gasteiger partial charge in [0, 0.05) is 17.3 Å². The van der Waals surface area contributed by atoms with Crippen molar-refractivity contribution >= 4 is 17.3 Å². The average Bonchev–Trinajstić information content (AvgIpc) is 3.13. The molecule has 0 amide bonds. The van der Waals surface area contributed by atoms with E-state index < -0.39 is 0 Å². The van der Waals surface area contributed by atoms with Gasteiger partial charge in [-0.1, -0.05) is 26.8 Å². The van der Waals surface area contributed by atoms with Gasteiger partial charge in [0.1, 0.15) is 5.01 Å². The smallest absolute Gasteiger partial charge is 0.191 e. The molecule has 1 heterocycles. The quantitative estimate of drug-likeness (QED) is 0.557. The molecular weight excluding hydrogens is 360 g/mol. The standard InChI is InChI=1S/C20H30N4O2S/c1-7-21-19(23-12-18-24-17(13-27-18)20(2,3)4)22-11-14-8-9-15(25-5)16(10-14)26-6/h8-10,13H,7,11-12H2,1-6H3,(H2,21,22,23). The molecule has 0 atom stereocenters. The van der Waals surface area contributed by atoms with Gasteiger partial charge in [-0.3, -0.25) is 0 Å². The lowest BCUT2D eigenvalue weighted by molar-refractivity contribution is 0.354. The highest BCUT2D eigenvalue weighted by Gasteiger charge is 2.17. The van der Waals surface area contributed by atoms with Gasteiger partial charge in [0.15, 0.2) is 17.5 Å². The fourth-order valence-corrected chi connectivity index (χ4v) is 3.35. The molecule has 0 aliphatic rings. The van der Waals surface area contributed by atoms with Crippen LogP contribution in [-0.2, 0) is 18.5 Å². The number of rotatable bonds is 7. The van der Waals surface area contributed by atoms with Crippen molar-refractivity contribution < 1.29 is 9.47 Å². The van der Waals surface area contributed by atoms with Crippen LogP contribution in [0, 0.1) is 0 Å². The summed E-state index contributed by atoms with van der Waals surface area (Å²) < 4.78 is 10.6. The SMILES string of the molecule is CCNC(=NCc1ccc(OC)c(OC)c1)NCc1nc(C(C)(C)C)cs1. The zero-order chi connectivity index (χ0) is 19.9.